The quantitative estimate of drug-likeness (QED) is 0.488. The zero-order valence-corrected chi connectivity index (χ0v) is 13.2. The number of rotatable bonds is 4. The van der Waals surface area contributed by atoms with Crippen molar-refractivity contribution in [2.75, 3.05) is 19.7 Å². The zero-order chi connectivity index (χ0) is 14.5. The lowest BCUT2D eigenvalue weighted by Gasteiger charge is -2.31. The first-order valence-electron chi connectivity index (χ1n) is 6.17. The maximum Gasteiger partial charge on any atom is 0.410 e. The molecule has 0 aromatic rings. The topological polar surface area (TPSA) is 50.8 Å². The first-order valence-corrected chi connectivity index (χ1v) is 6.97. The monoisotopic (exact) mass is 332 g/mol. The highest BCUT2D eigenvalue weighted by atomic mass is 79.9. The van der Waals surface area contributed by atoms with E-state index in [1.165, 1.54) is 0 Å². The van der Waals surface area contributed by atoms with E-state index in [1.54, 1.807) is 11.0 Å². The average molecular weight is 333 g/mol. The molecule has 1 rings (SSSR count). The first-order chi connectivity index (χ1) is 8.83. The normalized spacial score (nSPS) is 16.3. The molecule has 0 aromatic carbocycles. The maximum absolute atomic E-state index is 12.0. The SMILES string of the molecule is C=CCONC1=C(Br)CCN(C(=O)OC(C)(C)C)C1. The van der Waals surface area contributed by atoms with Crippen LogP contribution >= 0.6 is 15.9 Å². The standard InChI is InChI=1S/C13H21BrN2O3/c1-5-8-18-15-11-9-16(7-6-10(11)14)12(17)19-13(2,3)4/h5,15H,1,6-9H2,2-4H3. The van der Waals surface area contributed by atoms with E-state index in [0.717, 1.165) is 16.6 Å². The van der Waals surface area contributed by atoms with Crippen LogP contribution in [0.3, 0.4) is 0 Å². The largest absolute Gasteiger partial charge is 0.444 e. The number of ether oxygens (including phenoxy) is 1. The van der Waals surface area contributed by atoms with E-state index in [1.807, 2.05) is 20.8 Å². The molecule has 0 radical (unpaired) electrons. The molecule has 1 heterocycles. The summed E-state index contributed by atoms with van der Waals surface area (Å²) in [4.78, 5) is 18.8. The van der Waals surface area contributed by atoms with Crippen molar-refractivity contribution >= 4 is 22.0 Å². The van der Waals surface area contributed by atoms with E-state index in [2.05, 4.69) is 28.0 Å². The fraction of sp³-hybridized carbons (Fsp3) is 0.615. The van der Waals surface area contributed by atoms with Crippen LogP contribution in [-0.4, -0.2) is 36.3 Å². The lowest BCUT2D eigenvalue weighted by molar-refractivity contribution is 0.0221. The van der Waals surface area contributed by atoms with E-state index < -0.39 is 5.60 Å². The molecule has 0 aromatic heterocycles. The van der Waals surface area contributed by atoms with Crippen LogP contribution in [0.2, 0.25) is 0 Å². The molecule has 1 N–H and O–H groups in total. The van der Waals surface area contributed by atoms with Crippen molar-refractivity contribution in [2.24, 2.45) is 0 Å². The first kappa shape index (κ1) is 16.0. The summed E-state index contributed by atoms with van der Waals surface area (Å²) in [6, 6.07) is 0. The second-order valence-electron chi connectivity index (χ2n) is 5.24. The Morgan fingerprint density at radius 3 is 2.84 bits per heavy atom. The number of hydroxylamine groups is 1. The van der Waals surface area contributed by atoms with Crippen molar-refractivity contribution in [3.05, 3.63) is 22.8 Å². The zero-order valence-electron chi connectivity index (χ0n) is 11.7. The van der Waals surface area contributed by atoms with Gasteiger partial charge in [-0.15, -0.1) is 6.58 Å². The van der Waals surface area contributed by atoms with Gasteiger partial charge in [-0.3, -0.25) is 10.3 Å². The molecule has 0 bridgehead atoms. The van der Waals surface area contributed by atoms with Crippen LogP contribution in [0.15, 0.2) is 22.8 Å². The summed E-state index contributed by atoms with van der Waals surface area (Å²) >= 11 is 3.48. The second kappa shape index (κ2) is 6.96. The fourth-order valence-electron chi connectivity index (χ4n) is 1.50. The summed E-state index contributed by atoms with van der Waals surface area (Å²) in [6.07, 6.45) is 2.07. The highest BCUT2D eigenvalue weighted by molar-refractivity contribution is 9.11. The van der Waals surface area contributed by atoms with Crippen LogP contribution in [0.5, 0.6) is 0 Å². The van der Waals surface area contributed by atoms with Crippen LogP contribution in [0, 0.1) is 0 Å². The van der Waals surface area contributed by atoms with Gasteiger partial charge in [0.2, 0.25) is 0 Å². The third-order valence-corrected chi connectivity index (χ3v) is 3.20. The Balaban J connectivity index is 2.57. The van der Waals surface area contributed by atoms with Gasteiger partial charge in [-0.2, -0.15) is 0 Å². The predicted octanol–water partition coefficient (Wildman–Crippen LogP) is 2.94. The highest BCUT2D eigenvalue weighted by Crippen LogP contribution is 2.23. The number of carbonyl (C=O) groups is 1. The van der Waals surface area contributed by atoms with Crippen molar-refractivity contribution in [1.82, 2.24) is 10.4 Å². The van der Waals surface area contributed by atoms with Gasteiger partial charge >= 0.3 is 6.09 Å². The van der Waals surface area contributed by atoms with Crippen LogP contribution in [0.4, 0.5) is 4.79 Å². The molecule has 1 amide bonds. The number of hydrogen-bond acceptors (Lipinski definition) is 4. The molecular formula is C13H21BrN2O3. The number of carbonyl (C=O) groups excluding carboxylic acids is 1. The van der Waals surface area contributed by atoms with E-state index in [0.29, 0.717) is 19.7 Å². The molecule has 0 fully saturated rings. The van der Waals surface area contributed by atoms with Crippen LogP contribution in [0.1, 0.15) is 27.2 Å². The lowest BCUT2D eigenvalue weighted by Crippen LogP contribution is -2.42. The molecule has 6 heteroatoms. The van der Waals surface area contributed by atoms with Crippen LogP contribution < -0.4 is 5.48 Å². The molecular weight excluding hydrogens is 312 g/mol. The van der Waals surface area contributed by atoms with Gasteiger partial charge in [-0.05, 0) is 27.2 Å². The highest BCUT2D eigenvalue weighted by Gasteiger charge is 2.26. The molecule has 0 aliphatic carbocycles. The van der Waals surface area contributed by atoms with Gasteiger partial charge in [-0.1, -0.05) is 22.0 Å². The summed E-state index contributed by atoms with van der Waals surface area (Å²) in [7, 11) is 0. The Hall–Kier alpha value is -1.01. The second-order valence-corrected chi connectivity index (χ2v) is 6.19. The number of nitrogens with one attached hydrogen (secondary N) is 1. The van der Waals surface area contributed by atoms with E-state index in [-0.39, 0.29) is 6.09 Å². The number of hydrogen-bond donors (Lipinski definition) is 1. The molecule has 5 nitrogen and oxygen atoms in total. The van der Waals surface area contributed by atoms with Crippen LogP contribution in [-0.2, 0) is 9.57 Å². The number of amides is 1. The molecule has 0 saturated heterocycles. The minimum Gasteiger partial charge on any atom is -0.444 e. The van der Waals surface area contributed by atoms with Crippen molar-refractivity contribution in [1.29, 1.82) is 0 Å². The summed E-state index contributed by atoms with van der Waals surface area (Å²) in [5.41, 5.74) is 3.18. The van der Waals surface area contributed by atoms with Crippen molar-refractivity contribution in [2.45, 2.75) is 32.8 Å². The van der Waals surface area contributed by atoms with Crippen molar-refractivity contribution < 1.29 is 14.4 Å². The Labute approximate surface area is 122 Å². The minimum atomic E-state index is -0.484. The summed E-state index contributed by atoms with van der Waals surface area (Å²) in [5.74, 6) is 0. The number of halogens is 1. The molecule has 0 spiro atoms. The van der Waals surface area contributed by atoms with Crippen LogP contribution in [0.25, 0.3) is 0 Å². The average Bonchev–Trinajstić information content (AvgIpc) is 2.29. The van der Waals surface area contributed by atoms with E-state index >= 15 is 0 Å². The summed E-state index contributed by atoms with van der Waals surface area (Å²) in [5, 5.41) is 0. The van der Waals surface area contributed by atoms with Crippen molar-refractivity contribution in [3.8, 4) is 0 Å². The lowest BCUT2D eigenvalue weighted by atomic mass is 10.2. The van der Waals surface area contributed by atoms with Gasteiger partial charge < -0.3 is 9.64 Å². The molecule has 1 aliphatic heterocycles. The molecule has 108 valence electrons. The van der Waals surface area contributed by atoms with Gasteiger partial charge in [0.25, 0.3) is 0 Å². The number of nitrogens with zero attached hydrogens (tertiary/aromatic N) is 1. The Bertz CT molecular complexity index is 375. The van der Waals surface area contributed by atoms with Gasteiger partial charge in [0.1, 0.15) is 5.60 Å². The van der Waals surface area contributed by atoms with E-state index in [4.69, 9.17) is 9.57 Å². The van der Waals surface area contributed by atoms with E-state index in [9.17, 15) is 4.79 Å². The Kier molecular flexibility index (Phi) is 5.87. The van der Waals surface area contributed by atoms with Gasteiger partial charge in [0.15, 0.2) is 0 Å². The smallest absolute Gasteiger partial charge is 0.410 e. The van der Waals surface area contributed by atoms with Gasteiger partial charge in [0.05, 0.1) is 18.8 Å². The Morgan fingerprint density at radius 2 is 2.26 bits per heavy atom. The maximum atomic E-state index is 12.0. The molecule has 0 saturated carbocycles. The molecule has 19 heavy (non-hydrogen) atoms. The molecule has 1 aliphatic rings. The van der Waals surface area contributed by atoms with Crippen molar-refractivity contribution in [3.63, 3.8) is 0 Å². The predicted molar refractivity (Wildman–Crippen MR) is 77.7 cm³/mol. The third-order valence-electron chi connectivity index (χ3n) is 2.33. The third kappa shape index (κ3) is 5.65. The fourth-order valence-corrected chi connectivity index (χ4v) is 1.88. The molecule has 0 unspecified atom stereocenters. The van der Waals surface area contributed by atoms with Gasteiger partial charge in [-0.25, -0.2) is 4.79 Å². The Morgan fingerprint density at radius 1 is 1.58 bits per heavy atom. The van der Waals surface area contributed by atoms with Gasteiger partial charge in [0, 0.05) is 11.0 Å². The summed E-state index contributed by atoms with van der Waals surface area (Å²) < 4.78 is 6.36. The molecule has 0 atom stereocenters. The minimum absolute atomic E-state index is 0.310. The summed E-state index contributed by atoms with van der Waals surface area (Å²) in [6.45, 7) is 10.6.